The molecule has 0 atom stereocenters. The molecule has 3 rings (SSSR count). The van der Waals surface area contributed by atoms with Crippen molar-refractivity contribution < 1.29 is 4.74 Å². The molecule has 0 N–H and O–H groups in total. The summed E-state index contributed by atoms with van der Waals surface area (Å²) in [6, 6.07) is 7.55. The van der Waals surface area contributed by atoms with Crippen molar-refractivity contribution in [1.82, 2.24) is 14.8 Å². The Balaban J connectivity index is 1.51. The number of ether oxygens (including phenoxy) is 1. The maximum Gasteiger partial charge on any atom is 0.191 e. The largest absolute Gasteiger partial charge is 0.491 e. The summed E-state index contributed by atoms with van der Waals surface area (Å²) in [4.78, 5) is 0. The van der Waals surface area contributed by atoms with Gasteiger partial charge in [0.05, 0.1) is 11.6 Å². The molecule has 0 amide bonds. The van der Waals surface area contributed by atoms with Crippen molar-refractivity contribution in [2.75, 3.05) is 12.4 Å². The Morgan fingerprint density at radius 3 is 2.78 bits per heavy atom. The van der Waals surface area contributed by atoms with Crippen LogP contribution in [0.3, 0.4) is 0 Å². The third kappa shape index (κ3) is 4.21. The summed E-state index contributed by atoms with van der Waals surface area (Å²) < 4.78 is 7.86. The fourth-order valence-electron chi connectivity index (χ4n) is 3.01. The van der Waals surface area contributed by atoms with Gasteiger partial charge >= 0.3 is 0 Å². The molecule has 1 saturated carbocycles. The average Bonchev–Trinajstić information content (AvgIpc) is 2.95. The van der Waals surface area contributed by atoms with Crippen LogP contribution in [-0.4, -0.2) is 27.1 Å². The van der Waals surface area contributed by atoms with Gasteiger partial charge in [-0.15, -0.1) is 10.2 Å². The number of benzene rings is 1. The van der Waals surface area contributed by atoms with Gasteiger partial charge in [0.2, 0.25) is 0 Å². The zero-order valence-corrected chi connectivity index (χ0v) is 14.9. The first-order valence-corrected chi connectivity index (χ1v) is 9.51. The van der Waals surface area contributed by atoms with Crippen LogP contribution in [0.15, 0.2) is 29.4 Å². The summed E-state index contributed by atoms with van der Waals surface area (Å²) in [5.41, 5.74) is 0. The van der Waals surface area contributed by atoms with E-state index in [-0.39, 0.29) is 0 Å². The van der Waals surface area contributed by atoms with Crippen LogP contribution in [0.25, 0.3) is 0 Å². The predicted molar refractivity (Wildman–Crippen MR) is 94.5 cm³/mol. The average molecular weight is 352 g/mol. The number of para-hydroxylation sites is 1. The second kappa shape index (κ2) is 8.06. The maximum atomic E-state index is 6.08. The van der Waals surface area contributed by atoms with E-state index in [2.05, 4.69) is 21.8 Å². The van der Waals surface area contributed by atoms with E-state index in [1.165, 1.54) is 32.1 Å². The molecule has 0 spiro atoms. The van der Waals surface area contributed by atoms with Gasteiger partial charge < -0.3 is 9.30 Å². The van der Waals surface area contributed by atoms with Gasteiger partial charge in [-0.1, -0.05) is 54.8 Å². The Bertz CT molecular complexity index is 641. The minimum Gasteiger partial charge on any atom is -0.491 e. The number of thioether (sulfide) groups is 1. The lowest BCUT2D eigenvalue weighted by Crippen LogP contribution is -2.10. The smallest absolute Gasteiger partial charge is 0.191 e. The zero-order valence-electron chi connectivity index (χ0n) is 13.4. The highest BCUT2D eigenvalue weighted by Crippen LogP contribution is 2.32. The molecule has 23 heavy (non-hydrogen) atoms. The molecule has 1 aromatic heterocycles. The third-order valence-corrected chi connectivity index (χ3v) is 5.54. The monoisotopic (exact) mass is 351 g/mol. The van der Waals surface area contributed by atoms with E-state index in [4.69, 9.17) is 16.3 Å². The Morgan fingerprint density at radius 1 is 1.22 bits per heavy atom. The maximum absolute atomic E-state index is 6.08. The summed E-state index contributed by atoms with van der Waals surface area (Å²) >= 11 is 7.75. The number of hydrogen-bond donors (Lipinski definition) is 0. The molecular weight excluding hydrogens is 330 g/mol. The van der Waals surface area contributed by atoms with Gasteiger partial charge in [-0.2, -0.15) is 0 Å². The molecule has 4 nitrogen and oxygen atoms in total. The van der Waals surface area contributed by atoms with Crippen molar-refractivity contribution in [3.8, 4) is 5.75 Å². The number of hydrogen-bond acceptors (Lipinski definition) is 4. The van der Waals surface area contributed by atoms with E-state index in [0.717, 1.165) is 22.5 Å². The molecular formula is C17H22ClN3OS. The number of aromatic nitrogens is 3. The fourth-order valence-corrected chi connectivity index (χ4v) is 3.94. The van der Waals surface area contributed by atoms with Crippen LogP contribution in [0, 0.1) is 0 Å². The highest BCUT2D eigenvalue weighted by molar-refractivity contribution is 7.99. The van der Waals surface area contributed by atoms with Crippen LogP contribution in [0.4, 0.5) is 0 Å². The minimum atomic E-state index is 0.579. The lowest BCUT2D eigenvalue weighted by molar-refractivity contribution is 0.344. The van der Waals surface area contributed by atoms with Gasteiger partial charge in [0, 0.05) is 18.7 Å². The topological polar surface area (TPSA) is 39.9 Å². The molecule has 0 saturated heterocycles. The van der Waals surface area contributed by atoms with Gasteiger partial charge in [0.25, 0.3) is 0 Å². The summed E-state index contributed by atoms with van der Waals surface area (Å²) in [5, 5.41) is 10.4. The second-order valence-electron chi connectivity index (χ2n) is 5.86. The zero-order chi connectivity index (χ0) is 16.1. The van der Waals surface area contributed by atoms with Crippen LogP contribution in [-0.2, 0) is 7.05 Å². The fraction of sp³-hybridized carbons (Fsp3) is 0.529. The van der Waals surface area contributed by atoms with Crippen molar-refractivity contribution in [2.45, 2.75) is 43.2 Å². The first-order chi connectivity index (χ1) is 11.3. The first kappa shape index (κ1) is 16.7. The normalized spacial score (nSPS) is 15.7. The minimum absolute atomic E-state index is 0.579. The molecule has 1 heterocycles. The predicted octanol–water partition coefficient (Wildman–Crippen LogP) is 4.69. The molecule has 0 unspecified atom stereocenters. The van der Waals surface area contributed by atoms with Crippen LogP contribution in [0.5, 0.6) is 5.75 Å². The van der Waals surface area contributed by atoms with E-state index in [1.807, 2.05) is 24.3 Å². The molecule has 124 valence electrons. The van der Waals surface area contributed by atoms with E-state index in [0.29, 0.717) is 17.5 Å². The molecule has 6 heteroatoms. The van der Waals surface area contributed by atoms with E-state index < -0.39 is 0 Å². The first-order valence-electron chi connectivity index (χ1n) is 8.15. The van der Waals surface area contributed by atoms with Gasteiger partial charge in [-0.05, 0) is 25.0 Å². The van der Waals surface area contributed by atoms with Gasteiger partial charge in [-0.25, -0.2) is 0 Å². The van der Waals surface area contributed by atoms with E-state index in [1.54, 1.807) is 11.8 Å². The molecule has 1 aromatic carbocycles. The van der Waals surface area contributed by atoms with Crippen LogP contribution >= 0.6 is 23.4 Å². The van der Waals surface area contributed by atoms with Crippen molar-refractivity contribution in [2.24, 2.45) is 7.05 Å². The second-order valence-corrected chi connectivity index (χ2v) is 7.33. The van der Waals surface area contributed by atoms with Crippen molar-refractivity contribution in [1.29, 1.82) is 0 Å². The highest BCUT2D eigenvalue weighted by atomic mass is 35.5. The summed E-state index contributed by atoms with van der Waals surface area (Å²) in [7, 11) is 2.07. The summed E-state index contributed by atoms with van der Waals surface area (Å²) in [6.07, 6.45) is 6.46. The molecule has 1 fully saturated rings. The highest BCUT2D eigenvalue weighted by Gasteiger charge is 2.21. The Hall–Kier alpha value is -1.20. The number of halogens is 1. The van der Waals surface area contributed by atoms with Gasteiger partial charge in [0.1, 0.15) is 11.6 Å². The lowest BCUT2D eigenvalue weighted by Gasteiger charge is -2.20. The Labute approximate surface area is 146 Å². The molecule has 1 aliphatic rings. The Morgan fingerprint density at radius 2 is 2.00 bits per heavy atom. The van der Waals surface area contributed by atoms with Gasteiger partial charge in [-0.3, -0.25) is 0 Å². The Kier molecular flexibility index (Phi) is 5.84. The van der Waals surface area contributed by atoms with Crippen molar-refractivity contribution in [3.05, 3.63) is 35.1 Å². The lowest BCUT2D eigenvalue weighted by atomic mass is 9.89. The molecule has 1 aliphatic carbocycles. The van der Waals surface area contributed by atoms with Crippen LogP contribution in [0.1, 0.15) is 43.8 Å². The van der Waals surface area contributed by atoms with Crippen molar-refractivity contribution >= 4 is 23.4 Å². The van der Waals surface area contributed by atoms with Gasteiger partial charge in [0.15, 0.2) is 5.16 Å². The summed E-state index contributed by atoms with van der Waals surface area (Å²) in [5.74, 6) is 3.27. The quantitative estimate of drug-likeness (QED) is 0.559. The third-order valence-electron chi connectivity index (χ3n) is 4.25. The number of nitrogens with zero attached hydrogens (tertiary/aromatic N) is 3. The van der Waals surface area contributed by atoms with E-state index in [9.17, 15) is 0 Å². The van der Waals surface area contributed by atoms with Crippen molar-refractivity contribution in [3.63, 3.8) is 0 Å². The SMILES string of the molecule is Cn1c(SCCOc2ccccc2Cl)nnc1C1CCCCC1. The molecule has 0 radical (unpaired) electrons. The van der Waals surface area contributed by atoms with Crippen LogP contribution in [0.2, 0.25) is 5.02 Å². The standard InChI is InChI=1S/C17H22ClN3OS/c1-21-16(13-7-3-2-4-8-13)19-20-17(21)23-12-11-22-15-10-6-5-9-14(15)18/h5-6,9-10,13H,2-4,7-8,11-12H2,1H3. The van der Waals surface area contributed by atoms with Crippen LogP contribution < -0.4 is 4.74 Å². The molecule has 0 aliphatic heterocycles. The summed E-state index contributed by atoms with van der Waals surface area (Å²) in [6.45, 7) is 0.597. The number of rotatable bonds is 6. The molecule has 2 aromatic rings. The molecule has 0 bridgehead atoms. The van der Waals surface area contributed by atoms with E-state index >= 15 is 0 Å².